The van der Waals surface area contributed by atoms with Gasteiger partial charge in [0.15, 0.2) is 0 Å². The summed E-state index contributed by atoms with van der Waals surface area (Å²) in [6.07, 6.45) is 5.13. The Morgan fingerprint density at radius 1 is 1.10 bits per heavy atom. The second-order valence-corrected chi connectivity index (χ2v) is 7.62. The molecular formula is C25H34N2O3. The molecule has 3 rings (SSSR count). The number of aliphatic hydroxyl groups excluding tert-OH is 1. The van der Waals surface area contributed by atoms with Crippen LogP contribution >= 0.6 is 0 Å². The van der Waals surface area contributed by atoms with E-state index in [2.05, 4.69) is 40.2 Å². The maximum atomic E-state index is 9.58. The zero-order valence-electron chi connectivity index (χ0n) is 18.2. The second kappa shape index (κ2) is 11.7. The number of hydrogen-bond acceptors (Lipinski definition) is 5. The lowest BCUT2D eigenvalue weighted by Gasteiger charge is -2.41. The molecule has 2 aromatic carbocycles. The molecule has 1 aliphatic heterocycles. The predicted molar refractivity (Wildman–Crippen MR) is 122 cm³/mol. The molecule has 0 aliphatic carbocycles. The Morgan fingerprint density at radius 2 is 1.90 bits per heavy atom. The van der Waals surface area contributed by atoms with Crippen molar-refractivity contribution >= 4 is 6.08 Å². The summed E-state index contributed by atoms with van der Waals surface area (Å²) in [5.74, 6) is 1.81. The van der Waals surface area contributed by atoms with Crippen molar-refractivity contribution in [2.24, 2.45) is 0 Å². The lowest BCUT2D eigenvalue weighted by atomic mass is 10.1. The normalized spacial score (nSPS) is 18.0. The molecule has 0 bridgehead atoms. The summed E-state index contributed by atoms with van der Waals surface area (Å²) in [5, 5.41) is 9.58. The molecule has 0 aromatic heterocycles. The summed E-state index contributed by atoms with van der Waals surface area (Å²) >= 11 is 0. The summed E-state index contributed by atoms with van der Waals surface area (Å²) in [4.78, 5) is 4.95. The number of ether oxygens (including phenoxy) is 2. The van der Waals surface area contributed by atoms with E-state index in [1.165, 1.54) is 5.56 Å². The van der Waals surface area contributed by atoms with Crippen LogP contribution in [0.15, 0.2) is 54.6 Å². The predicted octanol–water partition coefficient (Wildman–Crippen LogP) is 3.68. The van der Waals surface area contributed by atoms with Gasteiger partial charge >= 0.3 is 0 Å². The number of aliphatic hydroxyl groups is 1. The summed E-state index contributed by atoms with van der Waals surface area (Å²) in [7, 11) is 1.70. The Balaban J connectivity index is 1.55. The number of methoxy groups -OCH3 is 1. The lowest BCUT2D eigenvalue weighted by molar-refractivity contribution is 0.0597. The number of hydrogen-bond donors (Lipinski definition) is 1. The Hall–Kier alpha value is -2.34. The molecule has 1 atom stereocenters. The van der Waals surface area contributed by atoms with E-state index in [4.69, 9.17) is 9.47 Å². The molecule has 5 heteroatoms. The highest BCUT2D eigenvalue weighted by Crippen LogP contribution is 2.20. The first kappa shape index (κ1) is 22.3. The Morgan fingerprint density at radius 3 is 2.63 bits per heavy atom. The first-order valence-corrected chi connectivity index (χ1v) is 10.8. The lowest BCUT2D eigenvalue weighted by Crippen LogP contribution is -2.52. The van der Waals surface area contributed by atoms with E-state index >= 15 is 0 Å². The van der Waals surface area contributed by atoms with Crippen molar-refractivity contribution in [1.82, 2.24) is 9.80 Å². The van der Waals surface area contributed by atoms with E-state index in [1.54, 1.807) is 7.11 Å². The molecule has 162 valence electrons. The van der Waals surface area contributed by atoms with Gasteiger partial charge in [-0.1, -0.05) is 42.5 Å². The van der Waals surface area contributed by atoms with Gasteiger partial charge in [0.05, 0.1) is 13.7 Å². The highest BCUT2D eigenvalue weighted by Gasteiger charge is 2.26. The molecule has 0 spiro atoms. The van der Waals surface area contributed by atoms with Crippen molar-refractivity contribution in [2.45, 2.75) is 25.9 Å². The van der Waals surface area contributed by atoms with E-state index in [1.807, 2.05) is 37.3 Å². The van der Waals surface area contributed by atoms with Crippen molar-refractivity contribution in [3.8, 4) is 11.5 Å². The number of para-hydroxylation sites is 1. The average molecular weight is 411 g/mol. The van der Waals surface area contributed by atoms with Gasteiger partial charge in [0, 0.05) is 50.9 Å². The van der Waals surface area contributed by atoms with Crippen molar-refractivity contribution < 1.29 is 14.6 Å². The van der Waals surface area contributed by atoms with E-state index in [0.29, 0.717) is 12.6 Å². The van der Waals surface area contributed by atoms with Gasteiger partial charge in [0.25, 0.3) is 0 Å². The van der Waals surface area contributed by atoms with Gasteiger partial charge in [0.2, 0.25) is 0 Å². The van der Waals surface area contributed by atoms with Gasteiger partial charge in [-0.2, -0.15) is 0 Å². The van der Waals surface area contributed by atoms with Crippen LogP contribution in [0.1, 0.15) is 24.5 Å². The highest BCUT2D eigenvalue weighted by atomic mass is 16.5. The van der Waals surface area contributed by atoms with Crippen LogP contribution < -0.4 is 9.47 Å². The molecular weight excluding hydrogens is 376 g/mol. The minimum Gasteiger partial charge on any atom is -0.496 e. The highest BCUT2D eigenvalue weighted by molar-refractivity contribution is 5.57. The summed E-state index contributed by atoms with van der Waals surface area (Å²) in [5.41, 5.74) is 2.38. The fourth-order valence-corrected chi connectivity index (χ4v) is 3.98. The molecule has 30 heavy (non-hydrogen) atoms. The molecule has 1 saturated heterocycles. The second-order valence-electron chi connectivity index (χ2n) is 7.62. The maximum Gasteiger partial charge on any atom is 0.126 e. The van der Waals surface area contributed by atoms with E-state index in [-0.39, 0.29) is 6.61 Å². The summed E-state index contributed by atoms with van der Waals surface area (Å²) < 4.78 is 11.0. The minimum absolute atomic E-state index is 0.218. The monoisotopic (exact) mass is 410 g/mol. The van der Waals surface area contributed by atoms with Gasteiger partial charge in [-0.15, -0.1) is 0 Å². The number of rotatable bonds is 10. The molecule has 0 unspecified atom stereocenters. The van der Waals surface area contributed by atoms with Crippen molar-refractivity contribution in [1.29, 1.82) is 0 Å². The van der Waals surface area contributed by atoms with Crippen LogP contribution in [0.3, 0.4) is 0 Å². The van der Waals surface area contributed by atoms with Crippen molar-refractivity contribution in [3.05, 3.63) is 65.7 Å². The zero-order valence-corrected chi connectivity index (χ0v) is 18.2. The number of piperazine rings is 1. The molecule has 1 N–H and O–H groups in total. The minimum atomic E-state index is 0.218. The van der Waals surface area contributed by atoms with Crippen LogP contribution in [-0.2, 0) is 6.54 Å². The van der Waals surface area contributed by atoms with Crippen LogP contribution in [0.4, 0.5) is 0 Å². The Bertz CT molecular complexity index is 791. The van der Waals surface area contributed by atoms with Gasteiger partial charge in [0.1, 0.15) is 11.5 Å². The van der Waals surface area contributed by atoms with Gasteiger partial charge in [-0.3, -0.25) is 9.80 Å². The molecule has 1 heterocycles. The maximum absolute atomic E-state index is 9.58. The van der Waals surface area contributed by atoms with Gasteiger partial charge in [-0.25, -0.2) is 0 Å². The first-order chi connectivity index (χ1) is 14.7. The van der Waals surface area contributed by atoms with E-state index in [0.717, 1.165) is 56.2 Å². The third-order valence-electron chi connectivity index (χ3n) is 5.57. The number of benzene rings is 2. The van der Waals surface area contributed by atoms with Crippen LogP contribution in [0, 0.1) is 0 Å². The summed E-state index contributed by atoms with van der Waals surface area (Å²) in [6, 6.07) is 16.8. The zero-order chi connectivity index (χ0) is 21.2. The number of nitrogens with zero attached hydrogens (tertiary/aromatic N) is 2. The third-order valence-corrected chi connectivity index (χ3v) is 5.57. The van der Waals surface area contributed by atoms with Crippen LogP contribution in [0.2, 0.25) is 0 Å². The topological polar surface area (TPSA) is 45.2 Å². The molecule has 0 radical (unpaired) electrons. The van der Waals surface area contributed by atoms with Crippen molar-refractivity contribution in [2.75, 3.05) is 46.5 Å². The van der Waals surface area contributed by atoms with Gasteiger partial charge < -0.3 is 14.6 Å². The SMILES string of the molecule is CCOc1ccc(CN2CCN(C/C=C/c3ccccc3OC)C[C@@H]2CCO)cc1. The Kier molecular flexibility index (Phi) is 8.75. The first-order valence-electron chi connectivity index (χ1n) is 10.8. The van der Waals surface area contributed by atoms with E-state index in [9.17, 15) is 5.11 Å². The third kappa shape index (κ3) is 6.33. The summed E-state index contributed by atoms with van der Waals surface area (Å²) in [6.45, 7) is 7.70. The standard InChI is InChI=1S/C25H34N2O3/c1-3-30-24-12-10-21(11-13-24)19-27-17-16-26(20-23(27)14-18-28)15-6-8-22-7-4-5-9-25(22)29-2/h4-13,23,28H,3,14-20H2,1-2H3/b8-6+/t23-/m0/s1. The van der Waals surface area contributed by atoms with E-state index < -0.39 is 0 Å². The molecule has 1 fully saturated rings. The fraction of sp³-hybridized carbons (Fsp3) is 0.440. The Labute approximate surface area is 180 Å². The largest absolute Gasteiger partial charge is 0.496 e. The van der Waals surface area contributed by atoms with Crippen molar-refractivity contribution in [3.63, 3.8) is 0 Å². The fourth-order valence-electron chi connectivity index (χ4n) is 3.98. The van der Waals surface area contributed by atoms with Gasteiger partial charge in [-0.05, 0) is 37.1 Å². The average Bonchev–Trinajstić information content (AvgIpc) is 2.77. The molecule has 5 nitrogen and oxygen atoms in total. The molecule has 2 aromatic rings. The van der Waals surface area contributed by atoms with Crippen LogP contribution in [0.5, 0.6) is 11.5 Å². The smallest absolute Gasteiger partial charge is 0.126 e. The molecule has 1 aliphatic rings. The quantitative estimate of drug-likeness (QED) is 0.647. The molecule has 0 saturated carbocycles. The van der Waals surface area contributed by atoms with Crippen LogP contribution in [-0.4, -0.2) is 67.5 Å². The molecule has 0 amide bonds. The van der Waals surface area contributed by atoms with Crippen LogP contribution in [0.25, 0.3) is 6.08 Å².